The van der Waals surface area contributed by atoms with E-state index >= 15 is 0 Å². The van der Waals surface area contributed by atoms with Crippen LogP contribution in [0.25, 0.3) is 0 Å². The van der Waals surface area contributed by atoms with Crippen molar-refractivity contribution in [3.05, 3.63) is 24.3 Å². The second-order valence-corrected chi connectivity index (χ2v) is 3.90. The van der Waals surface area contributed by atoms with Crippen LogP contribution < -0.4 is 14.8 Å². The van der Waals surface area contributed by atoms with Crippen LogP contribution >= 0.6 is 0 Å². The van der Waals surface area contributed by atoms with E-state index in [9.17, 15) is 5.11 Å². The van der Waals surface area contributed by atoms with Crippen LogP contribution in [0.4, 0.5) is 0 Å². The highest BCUT2D eigenvalue weighted by molar-refractivity contribution is 5.39. The van der Waals surface area contributed by atoms with Gasteiger partial charge in [-0.3, -0.25) is 0 Å². The van der Waals surface area contributed by atoms with Crippen molar-refractivity contribution in [1.29, 1.82) is 0 Å². The average Bonchev–Trinajstić information content (AvgIpc) is 2.41. The maximum absolute atomic E-state index is 9.68. The van der Waals surface area contributed by atoms with Crippen LogP contribution in [0.5, 0.6) is 11.5 Å². The molecule has 0 aliphatic heterocycles. The molecule has 5 heteroatoms. The number of aliphatic hydroxyl groups excluding tert-OH is 2. The third-order valence-electron chi connectivity index (χ3n) is 2.39. The molecule has 1 rings (SSSR count). The van der Waals surface area contributed by atoms with E-state index in [0.29, 0.717) is 31.0 Å². The fraction of sp³-hybridized carbons (Fsp3) is 0.538. The molecule has 0 radical (unpaired) electrons. The van der Waals surface area contributed by atoms with Gasteiger partial charge in [0, 0.05) is 13.2 Å². The van der Waals surface area contributed by atoms with E-state index in [4.69, 9.17) is 14.6 Å². The lowest BCUT2D eigenvalue weighted by Gasteiger charge is -2.14. The summed E-state index contributed by atoms with van der Waals surface area (Å²) < 4.78 is 10.6. The van der Waals surface area contributed by atoms with Gasteiger partial charge in [0.1, 0.15) is 12.7 Å². The standard InChI is InChI=1S/C13H21NO4/c1-17-12-5-2-3-6-13(12)18-10-11(16)9-14-7-4-8-15/h2-3,5-6,11,14-16H,4,7-10H2,1H3. The lowest BCUT2D eigenvalue weighted by Crippen LogP contribution is -2.32. The van der Waals surface area contributed by atoms with Crippen LogP contribution in [-0.2, 0) is 0 Å². The summed E-state index contributed by atoms with van der Waals surface area (Å²) in [5.74, 6) is 1.27. The highest BCUT2D eigenvalue weighted by Gasteiger charge is 2.07. The summed E-state index contributed by atoms with van der Waals surface area (Å²) in [5.41, 5.74) is 0. The normalized spacial score (nSPS) is 12.2. The zero-order chi connectivity index (χ0) is 13.2. The van der Waals surface area contributed by atoms with E-state index in [1.54, 1.807) is 19.2 Å². The van der Waals surface area contributed by atoms with Crippen molar-refractivity contribution in [2.24, 2.45) is 0 Å². The van der Waals surface area contributed by atoms with Crippen LogP contribution in [0.15, 0.2) is 24.3 Å². The molecule has 1 atom stereocenters. The first-order valence-electron chi connectivity index (χ1n) is 6.03. The van der Waals surface area contributed by atoms with Crippen LogP contribution in [0.3, 0.4) is 0 Å². The summed E-state index contributed by atoms with van der Waals surface area (Å²) in [6.45, 7) is 1.48. The predicted octanol–water partition coefficient (Wildman–Crippen LogP) is 0.407. The summed E-state index contributed by atoms with van der Waals surface area (Å²) in [5, 5.41) is 21.3. The van der Waals surface area contributed by atoms with Gasteiger partial charge in [0.15, 0.2) is 11.5 Å². The van der Waals surface area contributed by atoms with E-state index in [2.05, 4.69) is 5.32 Å². The van der Waals surface area contributed by atoms with E-state index in [-0.39, 0.29) is 13.2 Å². The molecule has 0 bridgehead atoms. The van der Waals surface area contributed by atoms with Gasteiger partial charge < -0.3 is 25.0 Å². The Balaban J connectivity index is 2.26. The number of hydrogen-bond acceptors (Lipinski definition) is 5. The van der Waals surface area contributed by atoms with Crippen LogP contribution in [0, 0.1) is 0 Å². The highest BCUT2D eigenvalue weighted by atomic mass is 16.5. The van der Waals surface area contributed by atoms with Gasteiger partial charge in [0.05, 0.1) is 7.11 Å². The van der Waals surface area contributed by atoms with Gasteiger partial charge >= 0.3 is 0 Å². The molecule has 0 spiro atoms. The summed E-state index contributed by atoms with van der Waals surface area (Å²) in [6, 6.07) is 7.31. The fourth-order valence-electron chi connectivity index (χ4n) is 1.46. The molecular weight excluding hydrogens is 234 g/mol. The minimum Gasteiger partial charge on any atom is -0.493 e. The molecule has 3 N–H and O–H groups in total. The van der Waals surface area contributed by atoms with Crippen molar-refractivity contribution < 1.29 is 19.7 Å². The van der Waals surface area contributed by atoms with Gasteiger partial charge in [-0.05, 0) is 25.1 Å². The van der Waals surface area contributed by atoms with Gasteiger partial charge in [-0.1, -0.05) is 12.1 Å². The molecule has 0 amide bonds. The molecule has 0 aromatic heterocycles. The molecule has 0 saturated carbocycles. The SMILES string of the molecule is COc1ccccc1OCC(O)CNCCCO. The Morgan fingerprint density at radius 3 is 2.67 bits per heavy atom. The average molecular weight is 255 g/mol. The monoisotopic (exact) mass is 255 g/mol. The summed E-state index contributed by atoms with van der Waals surface area (Å²) in [6.07, 6.45) is 0.0914. The number of hydrogen-bond donors (Lipinski definition) is 3. The van der Waals surface area contributed by atoms with Crippen LogP contribution in [0.1, 0.15) is 6.42 Å². The van der Waals surface area contributed by atoms with Gasteiger partial charge in [-0.2, -0.15) is 0 Å². The highest BCUT2D eigenvalue weighted by Crippen LogP contribution is 2.25. The molecule has 0 aliphatic rings. The summed E-state index contributed by atoms with van der Waals surface area (Å²) >= 11 is 0. The predicted molar refractivity (Wildman–Crippen MR) is 69.1 cm³/mol. The minimum absolute atomic E-state index is 0.154. The Morgan fingerprint density at radius 1 is 1.28 bits per heavy atom. The number of ether oxygens (including phenoxy) is 2. The largest absolute Gasteiger partial charge is 0.493 e. The topological polar surface area (TPSA) is 71.0 Å². The molecule has 5 nitrogen and oxygen atoms in total. The van der Waals surface area contributed by atoms with Crippen molar-refractivity contribution in [2.75, 3.05) is 33.4 Å². The van der Waals surface area contributed by atoms with E-state index in [1.807, 2.05) is 12.1 Å². The summed E-state index contributed by atoms with van der Waals surface area (Å²) in [7, 11) is 1.58. The number of para-hydroxylation sites is 2. The van der Waals surface area contributed by atoms with Crippen molar-refractivity contribution in [3.8, 4) is 11.5 Å². The Kier molecular flexibility index (Phi) is 7.17. The first kappa shape index (κ1) is 14.8. The Hall–Kier alpha value is -1.30. The summed E-state index contributed by atoms with van der Waals surface area (Å²) in [4.78, 5) is 0. The molecular formula is C13H21NO4. The van der Waals surface area contributed by atoms with Gasteiger partial charge in [-0.25, -0.2) is 0 Å². The minimum atomic E-state index is -0.589. The number of nitrogens with one attached hydrogen (secondary N) is 1. The number of rotatable bonds is 9. The van der Waals surface area contributed by atoms with Gasteiger partial charge in [0.25, 0.3) is 0 Å². The van der Waals surface area contributed by atoms with E-state index < -0.39 is 6.10 Å². The third-order valence-corrected chi connectivity index (χ3v) is 2.39. The number of aliphatic hydroxyl groups is 2. The molecule has 102 valence electrons. The molecule has 1 aromatic rings. The second kappa shape index (κ2) is 8.74. The van der Waals surface area contributed by atoms with Crippen molar-refractivity contribution >= 4 is 0 Å². The maximum atomic E-state index is 9.68. The first-order chi connectivity index (χ1) is 8.77. The first-order valence-corrected chi connectivity index (χ1v) is 6.03. The number of benzene rings is 1. The third kappa shape index (κ3) is 5.35. The lowest BCUT2D eigenvalue weighted by molar-refractivity contribution is 0.104. The fourth-order valence-corrected chi connectivity index (χ4v) is 1.46. The van der Waals surface area contributed by atoms with Crippen molar-refractivity contribution in [1.82, 2.24) is 5.32 Å². The van der Waals surface area contributed by atoms with E-state index in [0.717, 1.165) is 0 Å². The van der Waals surface area contributed by atoms with Crippen molar-refractivity contribution in [3.63, 3.8) is 0 Å². The molecule has 0 heterocycles. The van der Waals surface area contributed by atoms with Gasteiger partial charge in [-0.15, -0.1) is 0 Å². The molecule has 1 unspecified atom stereocenters. The Labute approximate surface area is 107 Å². The lowest BCUT2D eigenvalue weighted by atomic mass is 10.3. The van der Waals surface area contributed by atoms with Gasteiger partial charge in [0.2, 0.25) is 0 Å². The van der Waals surface area contributed by atoms with Crippen molar-refractivity contribution in [2.45, 2.75) is 12.5 Å². The smallest absolute Gasteiger partial charge is 0.161 e. The Morgan fingerprint density at radius 2 is 2.00 bits per heavy atom. The number of methoxy groups -OCH3 is 1. The zero-order valence-electron chi connectivity index (χ0n) is 10.6. The molecule has 1 aromatic carbocycles. The van der Waals surface area contributed by atoms with E-state index in [1.165, 1.54) is 0 Å². The second-order valence-electron chi connectivity index (χ2n) is 3.90. The van der Waals surface area contributed by atoms with Crippen LogP contribution in [-0.4, -0.2) is 49.7 Å². The quantitative estimate of drug-likeness (QED) is 0.557. The van der Waals surface area contributed by atoms with Crippen LogP contribution in [0.2, 0.25) is 0 Å². The molecule has 0 saturated heterocycles. The maximum Gasteiger partial charge on any atom is 0.161 e. The molecule has 0 aliphatic carbocycles. The zero-order valence-corrected chi connectivity index (χ0v) is 10.6. The Bertz CT molecular complexity index is 333. The molecule has 18 heavy (non-hydrogen) atoms. The molecule has 0 fully saturated rings.